The second kappa shape index (κ2) is 6.67. The predicted octanol–water partition coefficient (Wildman–Crippen LogP) is 4.22. The summed E-state index contributed by atoms with van der Waals surface area (Å²) in [6.07, 6.45) is 3.49. The molecule has 2 atom stereocenters. The molecule has 19 heavy (non-hydrogen) atoms. The number of carbonyl (C=O) groups is 1. The fourth-order valence-electron chi connectivity index (χ4n) is 2.66. The molecular formula is C15H20ClNOS. The lowest BCUT2D eigenvalue weighted by Crippen LogP contribution is -2.48. The molecule has 1 aliphatic heterocycles. The lowest BCUT2D eigenvalue weighted by atomic mass is 9.98. The fraction of sp³-hybridized carbons (Fsp3) is 0.533. The van der Waals surface area contributed by atoms with Crippen LogP contribution in [-0.4, -0.2) is 28.6 Å². The van der Waals surface area contributed by atoms with E-state index in [0.717, 1.165) is 22.8 Å². The van der Waals surface area contributed by atoms with Gasteiger partial charge in [0.1, 0.15) is 0 Å². The molecule has 0 radical (unpaired) electrons. The minimum absolute atomic E-state index is 0.250. The summed E-state index contributed by atoms with van der Waals surface area (Å²) in [5, 5.41) is 0.731. The van der Waals surface area contributed by atoms with Crippen molar-refractivity contribution < 1.29 is 4.79 Å². The standard InChI is InChI=1S/C15H20ClNOS/c1-11-4-3-5-12(2)17(11)15(18)10-19-14-8-6-13(16)7-9-14/h6-9,11-12H,3-5,10H2,1-2H3/t11-,12-/m0/s1. The summed E-state index contributed by atoms with van der Waals surface area (Å²) < 4.78 is 0. The van der Waals surface area contributed by atoms with E-state index in [9.17, 15) is 4.79 Å². The lowest BCUT2D eigenvalue weighted by molar-refractivity contribution is -0.134. The summed E-state index contributed by atoms with van der Waals surface area (Å²) in [6, 6.07) is 8.40. The molecule has 1 amide bonds. The highest BCUT2D eigenvalue weighted by atomic mass is 35.5. The highest BCUT2D eigenvalue weighted by molar-refractivity contribution is 8.00. The number of carbonyl (C=O) groups excluding carboxylic acids is 1. The molecule has 1 saturated heterocycles. The molecule has 0 aromatic heterocycles. The average molecular weight is 298 g/mol. The van der Waals surface area contributed by atoms with Crippen LogP contribution < -0.4 is 0 Å². The summed E-state index contributed by atoms with van der Waals surface area (Å²) in [6.45, 7) is 4.31. The van der Waals surface area contributed by atoms with E-state index < -0.39 is 0 Å². The van der Waals surface area contributed by atoms with Crippen molar-refractivity contribution in [3.8, 4) is 0 Å². The zero-order valence-corrected chi connectivity index (χ0v) is 13.0. The van der Waals surface area contributed by atoms with Crippen LogP contribution in [0.5, 0.6) is 0 Å². The maximum atomic E-state index is 12.3. The molecule has 1 heterocycles. The van der Waals surface area contributed by atoms with E-state index in [1.165, 1.54) is 6.42 Å². The van der Waals surface area contributed by atoms with Crippen LogP contribution in [-0.2, 0) is 4.79 Å². The van der Waals surface area contributed by atoms with Crippen molar-refractivity contribution in [2.75, 3.05) is 5.75 Å². The van der Waals surface area contributed by atoms with E-state index in [1.54, 1.807) is 11.8 Å². The van der Waals surface area contributed by atoms with Crippen molar-refractivity contribution in [3.05, 3.63) is 29.3 Å². The predicted molar refractivity (Wildman–Crippen MR) is 81.8 cm³/mol. The Hall–Kier alpha value is -0.670. The van der Waals surface area contributed by atoms with E-state index in [1.807, 2.05) is 24.3 Å². The Labute approximate surface area is 124 Å². The van der Waals surface area contributed by atoms with E-state index in [4.69, 9.17) is 11.6 Å². The second-order valence-corrected chi connectivity index (χ2v) is 6.66. The molecule has 1 aliphatic rings. The largest absolute Gasteiger partial charge is 0.337 e. The van der Waals surface area contributed by atoms with Gasteiger partial charge in [-0.3, -0.25) is 4.79 Å². The Bertz CT molecular complexity index is 424. The van der Waals surface area contributed by atoms with E-state index in [0.29, 0.717) is 17.8 Å². The Kier molecular flexibility index (Phi) is 5.17. The molecule has 1 fully saturated rings. The van der Waals surface area contributed by atoms with Crippen LogP contribution in [0.25, 0.3) is 0 Å². The highest BCUT2D eigenvalue weighted by Crippen LogP contribution is 2.25. The Morgan fingerprint density at radius 2 is 1.84 bits per heavy atom. The maximum absolute atomic E-state index is 12.3. The number of rotatable bonds is 3. The third-order valence-corrected chi connectivity index (χ3v) is 4.91. The molecule has 0 saturated carbocycles. The molecule has 2 nitrogen and oxygen atoms in total. The number of benzene rings is 1. The van der Waals surface area contributed by atoms with Gasteiger partial charge in [0.2, 0.25) is 5.91 Å². The molecule has 0 aliphatic carbocycles. The van der Waals surface area contributed by atoms with E-state index in [-0.39, 0.29) is 5.91 Å². The first kappa shape index (κ1) is 14.7. The Morgan fingerprint density at radius 3 is 2.42 bits per heavy atom. The van der Waals surface area contributed by atoms with Gasteiger partial charge < -0.3 is 4.90 Å². The molecule has 0 bridgehead atoms. The Morgan fingerprint density at radius 1 is 1.26 bits per heavy atom. The van der Waals surface area contributed by atoms with Crippen molar-refractivity contribution in [2.45, 2.75) is 50.1 Å². The zero-order chi connectivity index (χ0) is 13.8. The minimum atomic E-state index is 0.250. The van der Waals surface area contributed by atoms with Gasteiger partial charge in [-0.15, -0.1) is 11.8 Å². The topological polar surface area (TPSA) is 20.3 Å². The lowest BCUT2D eigenvalue weighted by Gasteiger charge is -2.39. The molecule has 0 N–H and O–H groups in total. The molecule has 104 valence electrons. The monoisotopic (exact) mass is 297 g/mol. The fourth-order valence-corrected chi connectivity index (χ4v) is 3.56. The summed E-state index contributed by atoms with van der Waals surface area (Å²) in [4.78, 5) is 15.5. The normalized spacial score (nSPS) is 23.4. The third kappa shape index (κ3) is 3.90. The van der Waals surface area contributed by atoms with Gasteiger partial charge in [0.05, 0.1) is 5.75 Å². The molecule has 1 aromatic carbocycles. The number of hydrogen-bond acceptors (Lipinski definition) is 2. The van der Waals surface area contributed by atoms with Gasteiger partial charge in [-0.25, -0.2) is 0 Å². The van der Waals surface area contributed by atoms with E-state index >= 15 is 0 Å². The minimum Gasteiger partial charge on any atom is -0.337 e. The van der Waals surface area contributed by atoms with Gasteiger partial charge >= 0.3 is 0 Å². The zero-order valence-electron chi connectivity index (χ0n) is 11.4. The van der Waals surface area contributed by atoms with Crippen molar-refractivity contribution in [3.63, 3.8) is 0 Å². The summed E-state index contributed by atoms with van der Waals surface area (Å²) in [5.74, 6) is 0.760. The summed E-state index contributed by atoms with van der Waals surface area (Å²) in [5.41, 5.74) is 0. The number of nitrogens with zero attached hydrogens (tertiary/aromatic N) is 1. The molecule has 0 unspecified atom stereocenters. The van der Waals surface area contributed by atoms with Crippen molar-refractivity contribution in [1.82, 2.24) is 4.90 Å². The first-order chi connectivity index (χ1) is 9.08. The van der Waals surface area contributed by atoms with Crippen molar-refractivity contribution in [2.24, 2.45) is 0 Å². The number of piperidine rings is 1. The first-order valence-corrected chi connectivity index (χ1v) is 8.14. The quantitative estimate of drug-likeness (QED) is 0.779. The van der Waals surface area contributed by atoms with Crippen LogP contribution in [0.2, 0.25) is 5.02 Å². The van der Waals surface area contributed by atoms with Gasteiger partial charge in [0.15, 0.2) is 0 Å². The van der Waals surface area contributed by atoms with Crippen LogP contribution in [0.3, 0.4) is 0 Å². The van der Waals surface area contributed by atoms with Gasteiger partial charge in [-0.1, -0.05) is 11.6 Å². The smallest absolute Gasteiger partial charge is 0.233 e. The van der Waals surface area contributed by atoms with Gasteiger partial charge in [-0.05, 0) is 57.4 Å². The molecule has 1 aromatic rings. The maximum Gasteiger partial charge on any atom is 0.233 e. The van der Waals surface area contributed by atoms with E-state index in [2.05, 4.69) is 18.7 Å². The van der Waals surface area contributed by atoms with Gasteiger partial charge in [0, 0.05) is 22.0 Å². The van der Waals surface area contributed by atoms with Crippen LogP contribution in [0.4, 0.5) is 0 Å². The second-order valence-electron chi connectivity index (χ2n) is 5.17. The van der Waals surface area contributed by atoms with Crippen LogP contribution in [0, 0.1) is 0 Å². The SMILES string of the molecule is C[C@H]1CCC[C@H](C)N1C(=O)CSc1ccc(Cl)cc1. The molecule has 2 rings (SSSR count). The third-order valence-electron chi connectivity index (χ3n) is 3.66. The summed E-state index contributed by atoms with van der Waals surface area (Å²) >= 11 is 7.44. The number of likely N-dealkylation sites (tertiary alicyclic amines) is 1. The van der Waals surface area contributed by atoms with Crippen LogP contribution in [0.15, 0.2) is 29.2 Å². The first-order valence-electron chi connectivity index (χ1n) is 6.77. The molecule has 4 heteroatoms. The van der Waals surface area contributed by atoms with Crippen LogP contribution in [0.1, 0.15) is 33.1 Å². The number of amides is 1. The summed E-state index contributed by atoms with van der Waals surface area (Å²) in [7, 11) is 0. The highest BCUT2D eigenvalue weighted by Gasteiger charge is 2.28. The van der Waals surface area contributed by atoms with Gasteiger partial charge in [0.25, 0.3) is 0 Å². The number of halogens is 1. The molecular weight excluding hydrogens is 278 g/mol. The number of hydrogen-bond donors (Lipinski definition) is 0. The molecule has 0 spiro atoms. The van der Waals surface area contributed by atoms with Gasteiger partial charge in [-0.2, -0.15) is 0 Å². The van der Waals surface area contributed by atoms with Crippen LogP contribution >= 0.6 is 23.4 Å². The Balaban J connectivity index is 1.91. The van der Waals surface area contributed by atoms with Crippen molar-refractivity contribution >= 4 is 29.3 Å². The number of thioether (sulfide) groups is 1. The average Bonchev–Trinajstić information content (AvgIpc) is 2.38. The van der Waals surface area contributed by atoms with Crippen molar-refractivity contribution in [1.29, 1.82) is 0 Å².